The minimum absolute atomic E-state index is 0.0484. The van der Waals surface area contributed by atoms with Crippen molar-refractivity contribution in [1.82, 2.24) is 10.6 Å². The lowest BCUT2D eigenvalue weighted by molar-refractivity contribution is 0.0325. The molecule has 1 aliphatic carbocycles. The van der Waals surface area contributed by atoms with Crippen LogP contribution in [0.15, 0.2) is 42.5 Å². The third kappa shape index (κ3) is 3.66. The quantitative estimate of drug-likeness (QED) is 0.399. The summed E-state index contributed by atoms with van der Waals surface area (Å²) >= 11 is 6.57. The number of aliphatic hydroxyl groups excluding tert-OH is 2. The highest BCUT2D eigenvalue weighted by Crippen LogP contribution is 2.53. The van der Waals surface area contributed by atoms with Gasteiger partial charge in [-0.15, -0.1) is 0 Å². The molecule has 0 aromatic heterocycles. The van der Waals surface area contributed by atoms with Gasteiger partial charge in [0.25, 0.3) is 5.91 Å². The van der Waals surface area contributed by atoms with Crippen LogP contribution in [0, 0.1) is 11.6 Å². The topological polar surface area (TPSA) is 90.8 Å². The van der Waals surface area contributed by atoms with Gasteiger partial charge in [0.05, 0.1) is 22.7 Å². The lowest BCUT2D eigenvalue weighted by atomic mass is 9.80. The molecule has 1 amide bonds. The van der Waals surface area contributed by atoms with Crippen LogP contribution in [0.5, 0.6) is 5.75 Å². The molecule has 0 saturated carbocycles. The van der Waals surface area contributed by atoms with Crippen LogP contribution in [0.1, 0.15) is 51.6 Å². The first kappa shape index (κ1) is 25.2. The second-order valence-electron chi connectivity index (χ2n) is 10.2. The first-order valence-corrected chi connectivity index (χ1v) is 13.1. The highest BCUT2D eigenvalue weighted by atomic mass is 35.5. The van der Waals surface area contributed by atoms with E-state index in [2.05, 4.69) is 10.6 Å². The van der Waals surface area contributed by atoms with E-state index in [0.29, 0.717) is 5.56 Å². The fourth-order valence-corrected chi connectivity index (χ4v) is 6.55. The summed E-state index contributed by atoms with van der Waals surface area (Å²) < 4.78 is 38.3. The largest absolute Gasteiger partial charge is 0.480 e. The Kier molecular flexibility index (Phi) is 6.18. The van der Waals surface area contributed by atoms with E-state index in [1.54, 1.807) is 0 Å². The van der Waals surface area contributed by atoms with Crippen LogP contribution in [-0.2, 0) is 18.4 Å². The number of nitrogens with one attached hydrogen (secondary N) is 2. The van der Waals surface area contributed by atoms with Crippen molar-refractivity contribution in [2.75, 3.05) is 13.6 Å². The fraction of sp³-hybridized carbons (Fsp3) is 0.345. The Morgan fingerprint density at radius 2 is 1.92 bits per heavy atom. The SMILES string of the molecule is CNC(=O)c1cc2c(c(F)c1-c1c(Cl)c(F)cc3c1C[C@](c1ccccc1)([C@@H]1CCCN1)O3)CC(O)C2O. The molecule has 0 bridgehead atoms. The molecule has 38 heavy (non-hydrogen) atoms. The van der Waals surface area contributed by atoms with Gasteiger partial charge >= 0.3 is 0 Å². The second kappa shape index (κ2) is 9.31. The lowest BCUT2D eigenvalue weighted by Gasteiger charge is -2.35. The molecule has 2 unspecified atom stereocenters. The van der Waals surface area contributed by atoms with Crippen molar-refractivity contribution < 1.29 is 28.5 Å². The molecule has 2 aliphatic heterocycles. The number of aliphatic hydroxyl groups is 2. The maximum atomic E-state index is 16.3. The summed E-state index contributed by atoms with van der Waals surface area (Å²) in [6, 6.07) is 12.1. The number of carbonyl (C=O) groups excluding carboxylic acids is 1. The van der Waals surface area contributed by atoms with E-state index in [-0.39, 0.29) is 57.5 Å². The van der Waals surface area contributed by atoms with Gasteiger partial charge in [-0.1, -0.05) is 41.9 Å². The summed E-state index contributed by atoms with van der Waals surface area (Å²) in [5, 5.41) is 26.3. The van der Waals surface area contributed by atoms with Gasteiger partial charge in [-0.3, -0.25) is 4.79 Å². The molecule has 9 heteroatoms. The molecule has 2 heterocycles. The van der Waals surface area contributed by atoms with Gasteiger partial charge in [0.15, 0.2) is 5.60 Å². The average molecular weight is 541 g/mol. The van der Waals surface area contributed by atoms with Crippen LogP contribution >= 0.6 is 11.6 Å². The number of hydrogen-bond donors (Lipinski definition) is 4. The fourth-order valence-electron chi connectivity index (χ4n) is 6.29. The molecule has 3 aromatic rings. The zero-order valence-electron chi connectivity index (χ0n) is 20.7. The van der Waals surface area contributed by atoms with Crippen molar-refractivity contribution in [1.29, 1.82) is 0 Å². The standard InChI is InChI=1S/C29H27ClF2N2O4/c1-33-28(37)17-10-16-15(11-20(35)27(16)36)26(32)24(17)23-18-13-29(22-8-5-9-34-22,14-6-3-2-4-7-14)38-21(18)12-19(31)25(23)30/h2-4,6-7,10,12,20,22,27,34-36H,5,8-9,11,13H2,1H3,(H,33,37)/t20?,22-,27?,29-/m0/s1. The molecule has 1 fully saturated rings. The molecule has 0 spiro atoms. The van der Waals surface area contributed by atoms with Gasteiger partial charge < -0.3 is 25.6 Å². The molecule has 6 nitrogen and oxygen atoms in total. The number of hydrogen-bond acceptors (Lipinski definition) is 5. The van der Waals surface area contributed by atoms with Crippen molar-refractivity contribution in [3.05, 3.63) is 86.9 Å². The Morgan fingerprint density at radius 3 is 2.61 bits per heavy atom. The van der Waals surface area contributed by atoms with Gasteiger partial charge in [-0.25, -0.2) is 8.78 Å². The molecule has 198 valence electrons. The first-order valence-electron chi connectivity index (χ1n) is 12.7. The molecule has 6 rings (SSSR count). The molecular weight excluding hydrogens is 514 g/mol. The van der Waals surface area contributed by atoms with Gasteiger partial charge in [0, 0.05) is 42.6 Å². The summed E-state index contributed by atoms with van der Waals surface area (Å²) in [6.07, 6.45) is -0.646. The Hall–Kier alpha value is -3.04. The summed E-state index contributed by atoms with van der Waals surface area (Å²) in [4.78, 5) is 13.0. The third-order valence-electron chi connectivity index (χ3n) is 8.12. The van der Waals surface area contributed by atoms with Crippen LogP contribution in [0.3, 0.4) is 0 Å². The summed E-state index contributed by atoms with van der Waals surface area (Å²) in [5.41, 5.74) is 0.479. The number of benzene rings is 3. The van der Waals surface area contributed by atoms with E-state index in [9.17, 15) is 15.0 Å². The highest BCUT2D eigenvalue weighted by molar-refractivity contribution is 6.34. The van der Waals surface area contributed by atoms with E-state index in [1.165, 1.54) is 19.2 Å². The zero-order chi connectivity index (χ0) is 26.8. The van der Waals surface area contributed by atoms with Crippen molar-refractivity contribution in [3.8, 4) is 16.9 Å². The Bertz CT molecular complexity index is 1440. The lowest BCUT2D eigenvalue weighted by Crippen LogP contribution is -2.48. The van der Waals surface area contributed by atoms with E-state index < -0.39 is 35.4 Å². The van der Waals surface area contributed by atoms with Crippen molar-refractivity contribution in [2.45, 2.75) is 49.5 Å². The molecule has 3 aromatic carbocycles. The number of ether oxygens (including phenoxy) is 1. The molecule has 0 radical (unpaired) electrons. The summed E-state index contributed by atoms with van der Waals surface area (Å²) in [5.74, 6) is -2.01. The van der Waals surface area contributed by atoms with Gasteiger partial charge in [0.2, 0.25) is 0 Å². The molecule has 4 N–H and O–H groups in total. The monoisotopic (exact) mass is 540 g/mol. The molecule has 1 saturated heterocycles. The van der Waals surface area contributed by atoms with Crippen molar-refractivity contribution in [2.24, 2.45) is 0 Å². The van der Waals surface area contributed by atoms with Gasteiger partial charge in [-0.05, 0) is 42.1 Å². The number of halogens is 3. The Morgan fingerprint density at radius 1 is 1.16 bits per heavy atom. The average Bonchev–Trinajstić information content (AvgIpc) is 3.65. The smallest absolute Gasteiger partial charge is 0.251 e. The maximum Gasteiger partial charge on any atom is 0.251 e. The highest BCUT2D eigenvalue weighted by Gasteiger charge is 2.50. The van der Waals surface area contributed by atoms with Crippen LogP contribution in [0.4, 0.5) is 8.78 Å². The van der Waals surface area contributed by atoms with Gasteiger partial charge in [0.1, 0.15) is 23.5 Å². The Balaban J connectivity index is 1.61. The number of amides is 1. The summed E-state index contributed by atoms with van der Waals surface area (Å²) in [7, 11) is 1.40. The van der Waals surface area contributed by atoms with Crippen LogP contribution < -0.4 is 15.4 Å². The van der Waals surface area contributed by atoms with Crippen LogP contribution in [0.25, 0.3) is 11.1 Å². The number of carbonyl (C=O) groups is 1. The first-order chi connectivity index (χ1) is 18.3. The minimum atomic E-state index is -1.34. The van der Waals surface area contributed by atoms with Crippen LogP contribution in [0.2, 0.25) is 5.02 Å². The number of rotatable bonds is 4. The van der Waals surface area contributed by atoms with Crippen molar-refractivity contribution in [3.63, 3.8) is 0 Å². The normalized spacial score (nSPS) is 25.7. The predicted molar refractivity (Wildman–Crippen MR) is 138 cm³/mol. The summed E-state index contributed by atoms with van der Waals surface area (Å²) in [6.45, 7) is 0.811. The zero-order valence-corrected chi connectivity index (χ0v) is 21.4. The van der Waals surface area contributed by atoms with Crippen LogP contribution in [-0.4, -0.2) is 41.9 Å². The van der Waals surface area contributed by atoms with E-state index in [0.717, 1.165) is 24.9 Å². The third-order valence-corrected chi connectivity index (χ3v) is 8.49. The maximum absolute atomic E-state index is 16.3. The minimum Gasteiger partial charge on any atom is -0.480 e. The second-order valence-corrected chi connectivity index (χ2v) is 10.6. The van der Waals surface area contributed by atoms with Gasteiger partial charge in [-0.2, -0.15) is 0 Å². The molecule has 4 atom stereocenters. The predicted octanol–water partition coefficient (Wildman–Crippen LogP) is 4.18. The molecule has 3 aliphatic rings. The Labute approximate surface area is 223 Å². The van der Waals surface area contributed by atoms with E-state index in [4.69, 9.17) is 16.3 Å². The number of fused-ring (bicyclic) bond motifs is 2. The van der Waals surface area contributed by atoms with Crippen molar-refractivity contribution >= 4 is 17.5 Å². The molecular formula is C29H27ClF2N2O4. The van der Waals surface area contributed by atoms with E-state index >= 15 is 8.78 Å². The van der Waals surface area contributed by atoms with E-state index in [1.807, 2.05) is 30.3 Å².